The second-order valence-corrected chi connectivity index (χ2v) is 8.01. The van der Waals surface area contributed by atoms with E-state index >= 15 is 0 Å². The molecular weight excluding hydrogens is 316 g/mol. The van der Waals surface area contributed by atoms with Gasteiger partial charge in [0.2, 0.25) is 0 Å². The van der Waals surface area contributed by atoms with Gasteiger partial charge in [-0.15, -0.1) is 0 Å². The quantitative estimate of drug-likeness (QED) is 0.735. The molecule has 4 heteroatoms. The van der Waals surface area contributed by atoms with Crippen LogP contribution in [0.4, 0.5) is 0 Å². The maximum absolute atomic E-state index is 10.8. The lowest BCUT2D eigenvalue weighted by Crippen LogP contribution is -2.51. The van der Waals surface area contributed by atoms with Gasteiger partial charge in [0.25, 0.3) is 0 Å². The molecule has 0 aromatic heterocycles. The summed E-state index contributed by atoms with van der Waals surface area (Å²) in [5.41, 5.74) is 0.843. The van der Waals surface area contributed by atoms with Crippen molar-refractivity contribution in [3.63, 3.8) is 0 Å². The summed E-state index contributed by atoms with van der Waals surface area (Å²) in [4.78, 5) is 0. The fourth-order valence-corrected chi connectivity index (χ4v) is 4.38. The van der Waals surface area contributed by atoms with Crippen LogP contribution >= 0.6 is 0 Å². The third kappa shape index (κ3) is 4.02. The van der Waals surface area contributed by atoms with E-state index in [0.29, 0.717) is 0 Å². The summed E-state index contributed by atoms with van der Waals surface area (Å²) < 4.78 is 18.8. The summed E-state index contributed by atoms with van der Waals surface area (Å²) in [7, 11) is 0. The van der Waals surface area contributed by atoms with Gasteiger partial charge in [-0.3, -0.25) is 0 Å². The Morgan fingerprint density at radius 3 is 2.76 bits per heavy atom. The zero-order chi connectivity index (χ0) is 18.0. The first kappa shape index (κ1) is 19.1. The minimum atomic E-state index is -0.643. The van der Waals surface area contributed by atoms with E-state index in [9.17, 15) is 5.11 Å². The summed E-state index contributed by atoms with van der Waals surface area (Å²) >= 11 is 0. The van der Waals surface area contributed by atoms with Gasteiger partial charge in [-0.1, -0.05) is 24.6 Å². The third-order valence-electron chi connectivity index (χ3n) is 6.15. The number of ether oxygens (including phenoxy) is 3. The summed E-state index contributed by atoms with van der Waals surface area (Å²) in [5.74, 6) is -1.26. The van der Waals surface area contributed by atoms with E-state index in [1.165, 1.54) is 5.57 Å². The van der Waals surface area contributed by atoms with Gasteiger partial charge in [0.1, 0.15) is 0 Å². The SMILES string of the molecule is C/C=C(\CC)CC[C@@H](O)[C@]1(C)CC[C@]2(CC=C[C@]3(CCCCO3)O2)O1. The largest absolute Gasteiger partial charge is 0.390 e. The van der Waals surface area contributed by atoms with E-state index in [2.05, 4.69) is 32.1 Å². The fraction of sp³-hybridized carbons (Fsp3) is 0.810. The first-order valence-electron chi connectivity index (χ1n) is 9.99. The Balaban J connectivity index is 1.64. The Morgan fingerprint density at radius 1 is 1.24 bits per heavy atom. The van der Waals surface area contributed by atoms with Crippen LogP contribution < -0.4 is 0 Å². The topological polar surface area (TPSA) is 47.9 Å². The average Bonchev–Trinajstić information content (AvgIpc) is 2.93. The smallest absolute Gasteiger partial charge is 0.191 e. The van der Waals surface area contributed by atoms with Crippen molar-refractivity contribution in [1.82, 2.24) is 0 Å². The van der Waals surface area contributed by atoms with Crippen molar-refractivity contribution < 1.29 is 19.3 Å². The minimum absolute atomic E-state index is 0.480. The standard InChI is InChI=1S/C21H34O4/c1-4-17(5-2)9-10-18(22)19(3)14-15-21(24-19)13-8-12-20(25-21)11-6-7-16-23-20/h4,8,12,18,22H,5-7,9-11,13-16H2,1-3H3/b17-4+/t18-,19+,20+,21-/m1/s1. The number of aliphatic hydroxyl groups is 1. The summed E-state index contributed by atoms with van der Waals surface area (Å²) in [6.45, 7) is 7.00. The maximum Gasteiger partial charge on any atom is 0.191 e. The molecule has 0 aromatic rings. The summed E-state index contributed by atoms with van der Waals surface area (Å²) in [6, 6.07) is 0. The molecule has 25 heavy (non-hydrogen) atoms. The van der Waals surface area contributed by atoms with Crippen molar-refractivity contribution in [2.24, 2.45) is 0 Å². The number of hydrogen-bond acceptors (Lipinski definition) is 4. The highest BCUT2D eigenvalue weighted by molar-refractivity contribution is 5.09. The van der Waals surface area contributed by atoms with Crippen molar-refractivity contribution in [2.75, 3.05) is 6.61 Å². The molecule has 3 rings (SSSR count). The Morgan fingerprint density at radius 2 is 2.08 bits per heavy atom. The van der Waals surface area contributed by atoms with Gasteiger partial charge in [0.15, 0.2) is 11.6 Å². The molecule has 4 nitrogen and oxygen atoms in total. The molecule has 0 amide bonds. The van der Waals surface area contributed by atoms with Crippen LogP contribution in [0.5, 0.6) is 0 Å². The molecule has 142 valence electrons. The lowest BCUT2D eigenvalue weighted by Gasteiger charge is -2.45. The average molecular weight is 350 g/mol. The molecule has 2 spiro atoms. The molecule has 0 unspecified atom stereocenters. The molecule has 2 saturated heterocycles. The Bertz CT molecular complexity index is 520. The lowest BCUT2D eigenvalue weighted by atomic mass is 9.90. The van der Waals surface area contributed by atoms with Crippen LogP contribution in [-0.4, -0.2) is 35.0 Å². The van der Waals surface area contributed by atoms with Gasteiger partial charge in [0.05, 0.1) is 18.3 Å². The van der Waals surface area contributed by atoms with Crippen LogP contribution in [0.1, 0.15) is 78.6 Å². The van der Waals surface area contributed by atoms with Crippen LogP contribution in [0.25, 0.3) is 0 Å². The first-order valence-corrected chi connectivity index (χ1v) is 9.99. The molecule has 0 aromatic carbocycles. The third-order valence-corrected chi connectivity index (χ3v) is 6.15. The Hall–Kier alpha value is -0.680. The van der Waals surface area contributed by atoms with Gasteiger partial charge >= 0.3 is 0 Å². The van der Waals surface area contributed by atoms with Crippen LogP contribution in [0.15, 0.2) is 23.8 Å². The van der Waals surface area contributed by atoms with E-state index in [1.807, 2.05) is 6.92 Å². The number of aliphatic hydroxyl groups excluding tert-OH is 1. The fourth-order valence-electron chi connectivity index (χ4n) is 4.38. The summed E-state index contributed by atoms with van der Waals surface area (Å²) in [5, 5.41) is 10.8. The molecule has 3 aliphatic rings. The predicted molar refractivity (Wildman–Crippen MR) is 98.1 cm³/mol. The number of rotatable bonds is 5. The van der Waals surface area contributed by atoms with Crippen molar-refractivity contribution >= 4 is 0 Å². The van der Waals surface area contributed by atoms with Crippen LogP contribution in [-0.2, 0) is 14.2 Å². The highest BCUT2D eigenvalue weighted by Gasteiger charge is 2.55. The zero-order valence-corrected chi connectivity index (χ0v) is 16.1. The van der Waals surface area contributed by atoms with E-state index in [4.69, 9.17) is 14.2 Å². The van der Waals surface area contributed by atoms with Crippen LogP contribution in [0.2, 0.25) is 0 Å². The molecule has 2 fully saturated rings. The van der Waals surface area contributed by atoms with E-state index in [-0.39, 0.29) is 0 Å². The van der Waals surface area contributed by atoms with E-state index in [1.54, 1.807) is 0 Å². The number of allylic oxidation sites excluding steroid dienone is 2. The molecule has 4 atom stereocenters. The molecule has 0 saturated carbocycles. The maximum atomic E-state index is 10.8. The highest BCUT2D eigenvalue weighted by Crippen LogP contribution is 2.49. The van der Waals surface area contributed by atoms with Gasteiger partial charge in [-0.2, -0.15) is 0 Å². The molecule has 3 heterocycles. The monoisotopic (exact) mass is 350 g/mol. The Kier molecular flexibility index (Phi) is 5.74. The minimum Gasteiger partial charge on any atom is -0.390 e. The summed E-state index contributed by atoms with van der Waals surface area (Å²) in [6.07, 6.45) is 14.0. The molecule has 0 radical (unpaired) electrons. The zero-order valence-electron chi connectivity index (χ0n) is 16.1. The van der Waals surface area contributed by atoms with Crippen LogP contribution in [0, 0.1) is 0 Å². The van der Waals surface area contributed by atoms with Gasteiger partial charge in [-0.05, 0) is 58.4 Å². The van der Waals surface area contributed by atoms with Gasteiger partial charge < -0.3 is 19.3 Å². The molecule has 1 N–H and O–H groups in total. The van der Waals surface area contributed by atoms with Gasteiger partial charge in [-0.25, -0.2) is 0 Å². The molecular formula is C21H34O4. The van der Waals surface area contributed by atoms with Gasteiger partial charge in [0, 0.05) is 19.3 Å². The normalized spacial score (nSPS) is 40.1. The highest BCUT2D eigenvalue weighted by atomic mass is 16.8. The van der Waals surface area contributed by atoms with Crippen molar-refractivity contribution in [3.8, 4) is 0 Å². The molecule has 3 aliphatic heterocycles. The van der Waals surface area contributed by atoms with E-state index < -0.39 is 23.3 Å². The molecule has 0 aliphatic carbocycles. The molecule has 0 bridgehead atoms. The number of hydrogen-bond donors (Lipinski definition) is 1. The first-order chi connectivity index (χ1) is 11.9. The lowest BCUT2D eigenvalue weighted by molar-refractivity contribution is -0.361. The predicted octanol–water partition coefficient (Wildman–Crippen LogP) is 4.62. The van der Waals surface area contributed by atoms with Crippen molar-refractivity contribution in [1.29, 1.82) is 0 Å². The van der Waals surface area contributed by atoms with Crippen LogP contribution in [0.3, 0.4) is 0 Å². The second-order valence-electron chi connectivity index (χ2n) is 8.01. The van der Waals surface area contributed by atoms with Crippen molar-refractivity contribution in [3.05, 3.63) is 23.8 Å². The van der Waals surface area contributed by atoms with E-state index in [0.717, 1.165) is 64.4 Å². The van der Waals surface area contributed by atoms with Crippen molar-refractivity contribution in [2.45, 2.75) is 102 Å². The second kappa shape index (κ2) is 7.51. The Labute approximate surface area is 152 Å².